The van der Waals surface area contributed by atoms with Gasteiger partial charge in [0.25, 0.3) is 0 Å². The maximum absolute atomic E-state index is 4.38. The zero-order chi connectivity index (χ0) is 12.3. The van der Waals surface area contributed by atoms with Gasteiger partial charge in [0, 0.05) is 20.1 Å². The lowest BCUT2D eigenvalue weighted by Crippen LogP contribution is -2.30. The fourth-order valence-corrected chi connectivity index (χ4v) is 1.20. The van der Waals surface area contributed by atoms with E-state index < -0.39 is 0 Å². The first-order valence-electron chi connectivity index (χ1n) is 5.70. The van der Waals surface area contributed by atoms with Gasteiger partial charge < -0.3 is 10.2 Å². The summed E-state index contributed by atoms with van der Waals surface area (Å²) < 4.78 is 0. The van der Waals surface area contributed by atoms with E-state index >= 15 is 0 Å². The molecule has 3 heteroatoms. The number of rotatable bonds is 3. The van der Waals surface area contributed by atoms with Gasteiger partial charge in [0.1, 0.15) is 5.82 Å². The van der Waals surface area contributed by atoms with Crippen molar-refractivity contribution >= 4 is 11.5 Å². The molecule has 0 saturated carbocycles. The normalized spacial score (nSPS) is 13.4. The molecule has 1 N–H and O–H groups in total. The van der Waals surface area contributed by atoms with Crippen molar-refractivity contribution < 1.29 is 0 Å². The van der Waals surface area contributed by atoms with Gasteiger partial charge in [0.05, 0.1) is 11.9 Å². The highest BCUT2D eigenvalue weighted by atomic mass is 15.1. The fourth-order valence-electron chi connectivity index (χ4n) is 1.20. The predicted octanol–water partition coefficient (Wildman–Crippen LogP) is 2.99. The summed E-state index contributed by atoms with van der Waals surface area (Å²) in [6, 6.07) is 4.52. The van der Waals surface area contributed by atoms with Crippen LogP contribution in [0.5, 0.6) is 0 Å². The van der Waals surface area contributed by atoms with E-state index in [1.807, 2.05) is 31.3 Å². The van der Waals surface area contributed by atoms with Gasteiger partial charge in [-0.3, -0.25) is 0 Å². The van der Waals surface area contributed by atoms with Crippen molar-refractivity contribution in [1.29, 1.82) is 0 Å². The number of aromatic nitrogens is 1. The summed E-state index contributed by atoms with van der Waals surface area (Å²) >= 11 is 0. The van der Waals surface area contributed by atoms with Crippen LogP contribution in [0, 0.1) is 5.41 Å². The molecular formula is C13H23N3. The molecule has 1 atom stereocenters. The lowest BCUT2D eigenvalue weighted by Gasteiger charge is -2.29. The Kier molecular flexibility index (Phi) is 3.79. The van der Waals surface area contributed by atoms with Crippen LogP contribution in [0.2, 0.25) is 0 Å². The topological polar surface area (TPSA) is 28.2 Å². The van der Waals surface area contributed by atoms with Crippen LogP contribution < -0.4 is 10.2 Å². The first-order chi connectivity index (χ1) is 7.30. The number of nitrogens with one attached hydrogen (secondary N) is 1. The number of nitrogens with zero attached hydrogens (tertiary/aromatic N) is 2. The van der Waals surface area contributed by atoms with Crippen LogP contribution >= 0.6 is 0 Å². The van der Waals surface area contributed by atoms with Gasteiger partial charge in [-0.2, -0.15) is 0 Å². The highest BCUT2D eigenvalue weighted by Gasteiger charge is 2.19. The average molecular weight is 221 g/mol. The van der Waals surface area contributed by atoms with E-state index in [9.17, 15) is 0 Å². The van der Waals surface area contributed by atoms with Crippen LogP contribution in [0.25, 0.3) is 0 Å². The number of hydrogen-bond donors (Lipinski definition) is 1. The molecule has 0 aliphatic carbocycles. The quantitative estimate of drug-likeness (QED) is 0.850. The van der Waals surface area contributed by atoms with Gasteiger partial charge in [-0.25, -0.2) is 4.98 Å². The second-order valence-electron chi connectivity index (χ2n) is 5.53. The average Bonchev–Trinajstić information content (AvgIpc) is 2.17. The Morgan fingerprint density at radius 1 is 1.25 bits per heavy atom. The van der Waals surface area contributed by atoms with Crippen molar-refractivity contribution in [2.24, 2.45) is 5.41 Å². The Bertz CT molecular complexity index is 322. The molecule has 0 aliphatic heterocycles. The number of anilines is 2. The van der Waals surface area contributed by atoms with Gasteiger partial charge in [-0.05, 0) is 24.5 Å². The van der Waals surface area contributed by atoms with Gasteiger partial charge in [0.2, 0.25) is 0 Å². The Balaban J connectivity index is 2.69. The van der Waals surface area contributed by atoms with E-state index in [-0.39, 0.29) is 5.41 Å². The van der Waals surface area contributed by atoms with Crippen molar-refractivity contribution in [2.75, 3.05) is 24.3 Å². The van der Waals surface area contributed by atoms with Crippen LogP contribution in [0.4, 0.5) is 11.5 Å². The second-order valence-corrected chi connectivity index (χ2v) is 5.53. The SMILES string of the molecule is CC(Nc1ccc(N(C)C)nc1)C(C)(C)C. The van der Waals surface area contributed by atoms with Crippen LogP contribution in [0.1, 0.15) is 27.7 Å². The number of pyridine rings is 1. The van der Waals surface area contributed by atoms with Crippen LogP contribution in [-0.2, 0) is 0 Å². The molecule has 0 amide bonds. The minimum atomic E-state index is 0.250. The van der Waals surface area contributed by atoms with E-state index in [0.29, 0.717) is 6.04 Å². The minimum absolute atomic E-state index is 0.250. The molecule has 0 fully saturated rings. The summed E-state index contributed by atoms with van der Waals surface area (Å²) in [4.78, 5) is 6.37. The lowest BCUT2D eigenvalue weighted by atomic mass is 9.88. The van der Waals surface area contributed by atoms with Crippen molar-refractivity contribution in [3.63, 3.8) is 0 Å². The third-order valence-electron chi connectivity index (χ3n) is 2.89. The second kappa shape index (κ2) is 4.73. The van der Waals surface area contributed by atoms with E-state index in [0.717, 1.165) is 11.5 Å². The molecule has 1 rings (SSSR count). The summed E-state index contributed by atoms with van der Waals surface area (Å²) in [5, 5.41) is 3.47. The zero-order valence-electron chi connectivity index (χ0n) is 11.2. The molecule has 1 aromatic rings. The van der Waals surface area contributed by atoms with E-state index in [2.05, 4.69) is 44.1 Å². The highest BCUT2D eigenvalue weighted by molar-refractivity contribution is 5.48. The molecule has 3 nitrogen and oxygen atoms in total. The smallest absolute Gasteiger partial charge is 0.128 e. The summed E-state index contributed by atoms with van der Waals surface area (Å²) in [5.41, 5.74) is 1.33. The van der Waals surface area contributed by atoms with Gasteiger partial charge in [-0.15, -0.1) is 0 Å². The molecule has 1 aromatic heterocycles. The maximum Gasteiger partial charge on any atom is 0.128 e. The largest absolute Gasteiger partial charge is 0.381 e. The molecule has 0 bridgehead atoms. The van der Waals surface area contributed by atoms with Crippen molar-refractivity contribution in [2.45, 2.75) is 33.7 Å². The minimum Gasteiger partial charge on any atom is -0.381 e. The van der Waals surface area contributed by atoms with Crippen LogP contribution in [0.3, 0.4) is 0 Å². The number of hydrogen-bond acceptors (Lipinski definition) is 3. The molecule has 90 valence electrons. The van der Waals surface area contributed by atoms with E-state index in [4.69, 9.17) is 0 Å². The molecular weight excluding hydrogens is 198 g/mol. The molecule has 0 radical (unpaired) electrons. The van der Waals surface area contributed by atoms with Crippen LogP contribution in [0.15, 0.2) is 18.3 Å². The molecule has 0 aromatic carbocycles. The molecule has 0 aliphatic rings. The summed E-state index contributed by atoms with van der Waals surface area (Å²) in [6.45, 7) is 8.88. The van der Waals surface area contributed by atoms with Crippen molar-refractivity contribution in [1.82, 2.24) is 4.98 Å². The molecule has 0 spiro atoms. The fraction of sp³-hybridized carbons (Fsp3) is 0.615. The molecule has 16 heavy (non-hydrogen) atoms. The first kappa shape index (κ1) is 12.8. The van der Waals surface area contributed by atoms with Gasteiger partial charge >= 0.3 is 0 Å². The van der Waals surface area contributed by atoms with Gasteiger partial charge in [0.15, 0.2) is 0 Å². The molecule has 0 saturated heterocycles. The lowest BCUT2D eigenvalue weighted by molar-refractivity contribution is 0.359. The standard InChI is InChI=1S/C13H23N3/c1-10(13(2,3)4)15-11-7-8-12(14-9-11)16(5)6/h7-10,15H,1-6H3. The Labute approximate surface area is 98.9 Å². The third kappa shape index (κ3) is 3.40. The summed E-state index contributed by atoms with van der Waals surface area (Å²) in [5.74, 6) is 0.981. The van der Waals surface area contributed by atoms with Gasteiger partial charge in [-0.1, -0.05) is 20.8 Å². The Morgan fingerprint density at radius 3 is 2.25 bits per heavy atom. The van der Waals surface area contributed by atoms with E-state index in [1.165, 1.54) is 0 Å². The highest BCUT2D eigenvalue weighted by Crippen LogP contribution is 2.22. The van der Waals surface area contributed by atoms with Crippen LogP contribution in [-0.4, -0.2) is 25.1 Å². The monoisotopic (exact) mass is 221 g/mol. The van der Waals surface area contributed by atoms with Crippen molar-refractivity contribution in [3.8, 4) is 0 Å². The van der Waals surface area contributed by atoms with E-state index in [1.54, 1.807) is 0 Å². The summed E-state index contributed by atoms with van der Waals surface area (Å²) in [6.07, 6.45) is 1.89. The molecule has 1 unspecified atom stereocenters. The Morgan fingerprint density at radius 2 is 1.88 bits per heavy atom. The third-order valence-corrected chi connectivity index (χ3v) is 2.89. The van der Waals surface area contributed by atoms with Crippen molar-refractivity contribution in [3.05, 3.63) is 18.3 Å². The molecule has 1 heterocycles. The summed E-state index contributed by atoms with van der Waals surface area (Å²) in [7, 11) is 3.99. The Hall–Kier alpha value is -1.25. The maximum atomic E-state index is 4.38. The zero-order valence-corrected chi connectivity index (χ0v) is 11.2. The first-order valence-corrected chi connectivity index (χ1v) is 5.70. The predicted molar refractivity (Wildman–Crippen MR) is 71.1 cm³/mol.